The molecule has 2 saturated heterocycles. The van der Waals surface area contributed by atoms with Crippen LogP contribution in [0.25, 0.3) is 0 Å². The van der Waals surface area contributed by atoms with Crippen LogP contribution in [0.3, 0.4) is 0 Å². The second kappa shape index (κ2) is 10.6. The molecule has 3 rings (SSSR count). The molecule has 2 aliphatic heterocycles. The molecule has 7 nitrogen and oxygen atoms in total. The van der Waals surface area contributed by atoms with Gasteiger partial charge >= 0.3 is 6.09 Å². The number of rotatable bonds is 9. The first-order valence-corrected chi connectivity index (χ1v) is 12.6. The van der Waals surface area contributed by atoms with Crippen molar-refractivity contribution < 1.29 is 28.8 Å². The molecular weight excluding hydrogens is 422 g/mol. The predicted molar refractivity (Wildman–Crippen MR) is 127 cm³/mol. The van der Waals surface area contributed by atoms with Crippen LogP contribution in [0, 0.1) is 11.8 Å². The molecule has 1 spiro atoms. The summed E-state index contributed by atoms with van der Waals surface area (Å²) in [4.78, 5) is 15.0. The first-order valence-electron chi connectivity index (χ1n) is 12.6. The number of amides is 1. The van der Waals surface area contributed by atoms with Gasteiger partial charge in [0.1, 0.15) is 12.2 Å². The minimum atomic E-state index is -1.03. The lowest BCUT2D eigenvalue weighted by atomic mass is 9.63. The minimum Gasteiger partial charge on any atom is -0.443 e. The van der Waals surface area contributed by atoms with Crippen LogP contribution in [0.5, 0.6) is 0 Å². The van der Waals surface area contributed by atoms with Gasteiger partial charge in [0.25, 0.3) is 0 Å². The second-order valence-electron chi connectivity index (χ2n) is 11.0. The van der Waals surface area contributed by atoms with Crippen LogP contribution in [0.2, 0.25) is 0 Å². The molecule has 1 saturated carbocycles. The minimum absolute atomic E-state index is 0.00159. The highest BCUT2D eigenvalue weighted by Crippen LogP contribution is 2.54. The maximum absolute atomic E-state index is 13.2. The van der Waals surface area contributed by atoms with Crippen molar-refractivity contribution in [2.45, 2.75) is 109 Å². The third-order valence-electron chi connectivity index (χ3n) is 7.89. The molecule has 190 valence electrons. The Morgan fingerprint density at radius 3 is 2.58 bits per heavy atom. The Hall–Kier alpha value is -1.15. The number of aliphatic hydroxyl groups is 1. The normalized spacial score (nSPS) is 34.3. The van der Waals surface area contributed by atoms with Crippen molar-refractivity contribution in [3.8, 4) is 0 Å². The Kier molecular flexibility index (Phi) is 8.52. The average molecular weight is 468 g/mol. The molecule has 0 aromatic heterocycles. The van der Waals surface area contributed by atoms with Crippen molar-refractivity contribution in [1.29, 1.82) is 0 Å². The molecule has 1 aliphatic carbocycles. The fourth-order valence-electron chi connectivity index (χ4n) is 5.62. The number of likely N-dealkylation sites (tertiary alicyclic amines) is 1. The second-order valence-corrected chi connectivity index (χ2v) is 11.0. The summed E-state index contributed by atoms with van der Waals surface area (Å²) < 4.78 is 23.7. The van der Waals surface area contributed by atoms with Crippen molar-refractivity contribution >= 4 is 6.09 Å². The standard InChI is InChI=1S/C26H45NO6/c1-17(2)10-11-19(5)25(6,29)23-22(30-7)21(12-13-26(23)16-32-26)33-24(28)27-14-8-9-20(27)15-31-18(3)4/h10,18-23,29H,8-9,11-16H2,1-7H3/t19-,20+,21?,22?,23?,25?,26+/m1/s1. The molecule has 1 N–H and O–H groups in total. The van der Waals surface area contributed by atoms with Gasteiger partial charge in [-0.3, -0.25) is 0 Å². The lowest BCUT2D eigenvalue weighted by Gasteiger charge is -2.49. The molecule has 3 aliphatic rings. The van der Waals surface area contributed by atoms with Crippen molar-refractivity contribution in [2.75, 3.05) is 26.9 Å². The molecule has 2 heterocycles. The third kappa shape index (κ3) is 5.92. The largest absolute Gasteiger partial charge is 0.443 e. The molecule has 7 atom stereocenters. The Bertz CT molecular complexity index is 697. The molecule has 0 aromatic carbocycles. The monoisotopic (exact) mass is 467 g/mol. The van der Waals surface area contributed by atoms with Gasteiger partial charge in [-0.1, -0.05) is 18.6 Å². The van der Waals surface area contributed by atoms with Crippen molar-refractivity contribution in [3.05, 3.63) is 11.6 Å². The Balaban J connectivity index is 1.73. The number of allylic oxidation sites excluding steroid dienone is 2. The van der Waals surface area contributed by atoms with E-state index in [0.29, 0.717) is 26.2 Å². The molecule has 0 aromatic rings. The molecule has 1 amide bonds. The van der Waals surface area contributed by atoms with Crippen LogP contribution in [0.15, 0.2) is 11.6 Å². The smallest absolute Gasteiger partial charge is 0.410 e. The van der Waals surface area contributed by atoms with Gasteiger partial charge in [-0.05, 0) is 72.6 Å². The van der Waals surface area contributed by atoms with Crippen LogP contribution in [-0.2, 0) is 18.9 Å². The van der Waals surface area contributed by atoms with Gasteiger partial charge in [0.15, 0.2) is 0 Å². The van der Waals surface area contributed by atoms with Gasteiger partial charge < -0.3 is 29.0 Å². The number of carbonyl (C=O) groups excluding carboxylic acids is 1. The zero-order valence-corrected chi connectivity index (χ0v) is 21.6. The van der Waals surface area contributed by atoms with E-state index in [0.717, 1.165) is 25.7 Å². The van der Waals surface area contributed by atoms with Crippen LogP contribution in [0.1, 0.15) is 73.6 Å². The number of hydrogen-bond donors (Lipinski definition) is 1. The summed E-state index contributed by atoms with van der Waals surface area (Å²) in [5.74, 6) is -0.275. The van der Waals surface area contributed by atoms with Gasteiger partial charge in [0, 0.05) is 19.6 Å². The van der Waals surface area contributed by atoms with E-state index >= 15 is 0 Å². The predicted octanol–water partition coefficient (Wildman–Crippen LogP) is 4.32. The maximum atomic E-state index is 13.2. The van der Waals surface area contributed by atoms with E-state index in [9.17, 15) is 9.90 Å². The lowest BCUT2D eigenvalue weighted by molar-refractivity contribution is -0.179. The molecule has 4 unspecified atom stereocenters. The number of methoxy groups -OCH3 is 1. The topological polar surface area (TPSA) is 80.8 Å². The summed E-state index contributed by atoms with van der Waals surface area (Å²) in [6.07, 6.45) is 5.21. The summed E-state index contributed by atoms with van der Waals surface area (Å²) in [5, 5.41) is 11.8. The zero-order valence-electron chi connectivity index (χ0n) is 21.6. The molecule has 7 heteroatoms. The SMILES string of the molecule is COC1C(OC(=O)N2CCC[C@H]2COC(C)C)CC[C@]2(CO2)C1C(C)(O)[C@H](C)CC=C(C)C. The Labute approximate surface area is 199 Å². The van der Waals surface area contributed by atoms with Crippen LogP contribution in [-0.4, -0.2) is 78.5 Å². The van der Waals surface area contributed by atoms with Gasteiger partial charge in [-0.15, -0.1) is 0 Å². The van der Waals surface area contributed by atoms with Crippen molar-refractivity contribution in [1.82, 2.24) is 4.90 Å². The van der Waals surface area contributed by atoms with E-state index in [-0.39, 0.29) is 30.1 Å². The lowest BCUT2D eigenvalue weighted by Crippen LogP contribution is -2.61. The van der Waals surface area contributed by atoms with E-state index in [1.807, 2.05) is 20.8 Å². The first-order chi connectivity index (χ1) is 15.5. The summed E-state index contributed by atoms with van der Waals surface area (Å²) in [5.41, 5.74) is -0.196. The summed E-state index contributed by atoms with van der Waals surface area (Å²) in [7, 11) is 1.64. The molecular formula is C26H45NO6. The number of epoxide rings is 1. The summed E-state index contributed by atoms with van der Waals surface area (Å²) in [6.45, 7) is 13.9. The van der Waals surface area contributed by atoms with Crippen molar-refractivity contribution in [2.24, 2.45) is 11.8 Å². The summed E-state index contributed by atoms with van der Waals surface area (Å²) in [6, 6.07) is 0.0468. The number of hydrogen-bond acceptors (Lipinski definition) is 6. The van der Waals surface area contributed by atoms with Crippen LogP contribution in [0.4, 0.5) is 4.79 Å². The third-order valence-corrected chi connectivity index (χ3v) is 7.89. The molecule has 0 bridgehead atoms. The van der Waals surface area contributed by atoms with E-state index in [1.165, 1.54) is 5.57 Å². The van der Waals surface area contributed by atoms with Gasteiger partial charge in [-0.2, -0.15) is 0 Å². The highest BCUT2D eigenvalue weighted by molar-refractivity contribution is 5.68. The molecule has 0 radical (unpaired) electrons. The Morgan fingerprint density at radius 1 is 1.30 bits per heavy atom. The van der Waals surface area contributed by atoms with Gasteiger partial charge in [0.2, 0.25) is 0 Å². The summed E-state index contributed by atoms with van der Waals surface area (Å²) >= 11 is 0. The number of nitrogens with zero attached hydrogens (tertiary/aromatic N) is 1. The molecule has 33 heavy (non-hydrogen) atoms. The van der Waals surface area contributed by atoms with E-state index in [1.54, 1.807) is 12.0 Å². The van der Waals surface area contributed by atoms with E-state index < -0.39 is 23.4 Å². The first kappa shape index (κ1) is 26.5. The average Bonchev–Trinajstić information content (AvgIpc) is 3.34. The molecule has 3 fully saturated rings. The van der Waals surface area contributed by atoms with Crippen LogP contribution < -0.4 is 0 Å². The quantitative estimate of drug-likeness (QED) is 0.402. The highest BCUT2D eigenvalue weighted by atomic mass is 16.6. The van der Waals surface area contributed by atoms with Gasteiger partial charge in [-0.25, -0.2) is 4.79 Å². The van der Waals surface area contributed by atoms with Gasteiger partial charge in [0.05, 0.1) is 36.6 Å². The van der Waals surface area contributed by atoms with E-state index in [4.69, 9.17) is 18.9 Å². The van der Waals surface area contributed by atoms with Crippen LogP contribution >= 0.6 is 0 Å². The number of carbonyl (C=O) groups is 1. The van der Waals surface area contributed by atoms with E-state index in [2.05, 4.69) is 26.8 Å². The highest BCUT2D eigenvalue weighted by Gasteiger charge is 2.65. The van der Waals surface area contributed by atoms with Crippen molar-refractivity contribution in [3.63, 3.8) is 0 Å². The number of ether oxygens (including phenoxy) is 4. The zero-order chi connectivity index (χ0) is 24.4. The Morgan fingerprint density at radius 2 is 2.00 bits per heavy atom. The maximum Gasteiger partial charge on any atom is 0.410 e. The fraction of sp³-hybridized carbons (Fsp3) is 0.885. The fourth-order valence-corrected chi connectivity index (χ4v) is 5.62.